The second-order valence-corrected chi connectivity index (χ2v) is 19.9. The van der Waals surface area contributed by atoms with Gasteiger partial charge >= 0.3 is 11.9 Å². The van der Waals surface area contributed by atoms with Gasteiger partial charge in [-0.1, -0.05) is 259 Å². The fourth-order valence-corrected chi connectivity index (χ4v) is 9.40. The Morgan fingerprint density at radius 2 is 0.525 bits per heavy atom. The minimum absolute atomic E-state index is 0.0696. The largest absolute Gasteiger partial charge is 0.465 e. The molecule has 0 aromatic rings. The van der Waals surface area contributed by atoms with E-state index in [0.29, 0.717) is 49.4 Å². The predicted molar refractivity (Wildman–Crippen MR) is 263 cm³/mol. The van der Waals surface area contributed by atoms with Gasteiger partial charge in [0, 0.05) is 11.5 Å². The first-order valence-corrected chi connectivity index (χ1v) is 28.1. The Morgan fingerprint density at radius 1 is 0.322 bits per heavy atom. The summed E-state index contributed by atoms with van der Waals surface area (Å²) in [7, 11) is 0. The van der Waals surface area contributed by atoms with E-state index in [1.54, 1.807) is 11.8 Å². The van der Waals surface area contributed by atoms with Crippen molar-refractivity contribution in [2.24, 2.45) is 11.8 Å². The number of carbonyl (C=O) groups is 2. The Kier molecular flexibility index (Phi) is 49.3. The third-order valence-corrected chi connectivity index (χ3v) is 13.7. The Hall–Kier alpha value is -0.710. The van der Waals surface area contributed by atoms with Gasteiger partial charge in [0.15, 0.2) is 0 Å². The standard InChI is InChI=1S/C54H106O4S/c1-5-9-13-17-21-25-27-31-35-39-43-51(41-37-33-29-23-19-15-11-7-3)49-57-53(55)45-47-59-48-46-54(56)58-50-52(42-38-34-30-24-20-16-12-8-4)44-40-36-32-28-26-22-18-14-10-6-2/h51-52H,5-50H2,1-4H3. The van der Waals surface area contributed by atoms with Crippen LogP contribution >= 0.6 is 11.8 Å². The van der Waals surface area contributed by atoms with Crippen molar-refractivity contribution in [2.45, 2.75) is 297 Å². The number of thioether (sulfide) groups is 1. The molecule has 0 aliphatic rings. The minimum Gasteiger partial charge on any atom is -0.465 e. The summed E-state index contributed by atoms with van der Waals surface area (Å²) in [4.78, 5) is 25.5. The van der Waals surface area contributed by atoms with Crippen LogP contribution in [0.4, 0.5) is 0 Å². The van der Waals surface area contributed by atoms with Crippen LogP contribution in [0.25, 0.3) is 0 Å². The van der Waals surface area contributed by atoms with Crippen molar-refractivity contribution in [3.63, 3.8) is 0 Å². The maximum atomic E-state index is 12.7. The maximum absolute atomic E-state index is 12.7. The first-order valence-electron chi connectivity index (χ1n) is 27.0. The molecule has 0 aromatic carbocycles. The Bertz CT molecular complexity index is 767. The van der Waals surface area contributed by atoms with Crippen LogP contribution in [-0.2, 0) is 19.1 Å². The fourth-order valence-electron chi connectivity index (χ4n) is 8.58. The molecule has 0 saturated carbocycles. The summed E-state index contributed by atoms with van der Waals surface area (Å²) < 4.78 is 11.7. The quantitative estimate of drug-likeness (QED) is 0.0451. The summed E-state index contributed by atoms with van der Waals surface area (Å²) in [5, 5.41) is 0. The van der Waals surface area contributed by atoms with Crippen LogP contribution in [0.5, 0.6) is 0 Å². The van der Waals surface area contributed by atoms with Crippen LogP contribution in [0.2, 0.25) is 0 Å². The first kappa shape index (κ1) is 58.3. The van der Waals surface area contributed by atoms with E-state index in [2.05, 4.69) is 27.7 Å². The van der Waals surface area contributed by atoms with E-state index < -0.39 is 0 Å². The van der Waals surface area contributed by atoms with Crippen molar-refractivity contribution in [1.29, 1.82) is 0 Å². The number of unbranched alkanes of at least 4 members (excludes halogenated alkanes) is 32. The van der Waals surface area contributed by atoms with Crippen molar-refractivity contribution < 1.29 is 19.1 Å². The van der Waals surface area contributed by atoms with E-state index in [1.165, 1.54) is 257 Å². The molecule has 352 valence electrons. The topological polar surface area (TPSA) is 52.6 Å². The molecule has 2 unspecified atom stereocenters. The van der Waals surface area contributed by atoms with Gasteiger partial charge in [0.2, 0.25) is 0 Å². The Labute approximate surface area is 375 Å². The van der Waals surface area contributed by atoms with Crippen molar-refractivity contribution in [2.75, 3.05) is 24.7 Å². The lowest BCUT2D eigenvalue weighted by molar-refractivity contribution is -0.145. The fraction of sp³-hybridized carbons (Fsp3) is 0.963. The second-order valence-electron chi connectivity index (χ2n) is 18.7. The summed E-state index contributed by atoms with van der Waals surface area (Å²) in [5.74, 6) is 2.29. The van der Waals surface area contributed by atoms with Crippen LogP contribution in [0.1, 0.15) is 297 Å². The van der Waals surface area contributed by atoms with Crippen molar-refractivity contribution in [1.82, 2.24) is 0 Å². The van der Waals surface area contributed by atoms with E-state index in [-0.39, 0.29) is 11.9 Å². The molecule has 0 fully saturated rings. The number of rotatable bonds is 50. The zero-order valence-electron chi connectivity index (χ0n) is 40.7. The van der Waals surface area contributed by atoms with Crippen molar-refractivity contribution in [3.8, 4) is 0 Å². The molecule has 0 radical (unpaired) electrons. The summed E-state index contributed by atoms with van der Waals surface area (Å²) in [5.41, 5.74) is 0. The SMILES string of the molecule is CCCCCCCCCCCCC(CCCCCCCCCC)COC(=O)CCSCCC(=O)OCC(CCCCCCCCCC)CCCCCCCCCCCC. The van der Waals surface area contributed by atoms with E-state index in [9.17, 15) is 9.59 Å². The van der Waals surface area contributed by atoms with Gasteiger partial charge in [-0.2, -0.15) is 11.8 Å². The number of esters is 2. The lowest BCUT2D eigenvalue weighted by Crippen LogP contribution is -2.16. The van der Waals surface area contributed by atoms with Crippen LogP contribution in [-0.4, -0.2) is 36.7 Å². The van der Waals surface area contributed by atoms with E-state index in [4.69, 9.17) is 9.47 Å². The van der Waals surface area contributed by atoms with E-state index in [0.717, 1.165) is 0 Å². The van der Waals surface area contributed by atoms with Gasteiger partial charge in [0.05, 0.1) is 26.1 Å². The van der Waals surface area contributed by atoms with Crippen molar-refractivity contribution in [3.05, 3.63) is 0 Å². The highest BCUT2D eigenvalue weighted by Crippen LogP contribution is 2.23. The highest BCUT2D eigenvalue weighted by molar-refractivity contribution is 7.99. The summed E-state index contributed by atoms with van der Waals surface area (Å²) in [6.07, 6.45) is 54.3. The van der Waals surface area contributed by atoms with Crippen LogP contribution in [0.15, 0.2) is 0 Å². The Morgan fingerprint density at radius 3 is 0.746 bits per heavy atom. The average molecular weight is 852 g/mol. The van der Waals surface area contributed by atoms with Gasteiger partial charge in [-0.3, -0.25) is 9.59 Å². The third-order valence-electron chi connectivity index (χ3n) is 12.7. The zero-order chi connectivity index (χ0) is 43.0. The van der Waals surface area contributed by atoms with E-state index in [1.807, 2.05) is 0 Å². The number of ether oxygens (including phenoxy) is 2. The molecule has 0 N–H and O–H groups in total. The molecule has 0 saturated heterocycles. The molecule has 59 heavy (non-hydrogen) atoms. The summed E-state index contributed by atoms with van der Waals surface area (Å²) in [6.45, 7) is 10.3. The van der Waals surface area contributed by atoms with Gasteiger partial charge in [-0.15, -0.1) is 0 Å². The number of carbonyl (C=O) groups excluding carboxylic acids is 2. The maximum Gasteiger partial charge on any atom is 0.306 e. The second kappa shape index (κ2) is 49.9. The molecular formula is C54H106O4S. The molecule has 5 heteroatoms. The molecule has 4 nitrogen and oxygen atoms in total. The summed E-state index contributed by atoms with van der Waals surface area (Å²) >= 11 is 1.69. The summed E-state index contributed by atoms with van der Waals surface area (Å²) in [6, 6.07) is 0. The lowest BCUT2D eigenvalue weighted by Gasteiger charge is -2.17. The molecule has 0 amide bonds. The highest BCUT2D eigenvalue weighted by atomic mass is 32.2. The molecule has 0 aliphatic heterocycles. The predicted octanol–water partition coefficient (Wildman–Crippen LogP) is 18.5. The van der Waals surface area contributed by atoms with Crippen molar-refractivity contribution >= 4 is 23.7 Å². The highest BCUT2D eigenvalue weighted by Gasteiger charge is 2.15. The minimum atomic E-state index is -0.0696. The van der Waals surface area contributed by atoms with E-state index >= 15 is 0 Å². The zero-order valence-corrected chi connectivity index (χ0v) is 41.5. The molecule has 0 heterocycles. The molecule has 0 spiro atoms. The van der Waals surface area contributed by atoms with Gasteiger partial charge in [0.1, 0.15) is 0 Å². The number of hydrogen-bond donors (Lipinski definition) is 0. The monoisotopic (exact) mass is 851 g/mol. The average Bonchev–Trinajstić information content (AvgIpc) is 3.24. The smallest absolute Gasteiger partial charge is 0.306 e. The molecule has 0 rings (SSSR count). The molecule has 2 atom stereocenters. The van der Waals surface area contributed by atoms with Crippen LogP contribution in [0.3, 0.4) is 0 Å². The molecule has 0 aliphatic carbocycles. The van der Waals surface area contributed by atoms with Gasteiger partial charge in [0.25, 0.3) is 0 Å². The lowest BCUT2D eigenvalue weighted by atomic mass is 9.94. The van der Waals surface area contributed by atoms with Gasteiger partial charge in [-0.05, 0) is 37.5 Å². The van der Waals surface area contributed by atoms with Gasteiger partial charge < -0.3 is 9.47 Å². The van der Waals surface area contributed by atoms with Crippen LogP contribution < -0.4 is 0 Å². The Balaban J connectivity index is 4.43. The first-order chi connectivity index (χ1) is 29.1. The van der Waals surface area contributed by atoms with Crippen LogP contribution in [0, 0.1) is 11.8 Å². The molecule has 0 bridgehead atoms. The molecular weight excluding hydrogens is 745 g/mol. The molecule has 0 aromatic heterocycles. The third kappa shape index (κ3) is 46.6. The number of hydrogen-bond acceptors (Lipinski definition) is 5. The van der Waals surface area contributed by atoms with Gasteiger partial charge in [-0.25, -0.2) is 0 Å². The normalized spacial score (nSPS) is 12.5.